The van der Waals surface area contributed by atoms with Crippen molar-refractivity contribution >= 4 is 5.91 Å². The van der Waals surface area contributed by atoms with Gasteiger partial charge in [-0.1, -0.05) is 99.5 Å². The van der Waals surface area contributed by atoms with E-state index in [2.05, 4.69) is 31.3 Å². The maximum absolute atomic E-state index is 13.6. The zero-order valence-electron chi connectivity index (χ0n) is 21.0. The zero-order chi connectivity index (χ0) is 25.0. The van der Waals surface area contributed by atoms with Gasteiger partial charge in [0.1, 0.15) is 5.75 Å². The Balaban J connectivity index is 1.87. The summed E-state index contributed by atoms with van der Waals surface area (Å²) >= 11 is 0. The van der Waals surface area contributed by atoms with Crippen LogP contribution >= 0.6 is 0 Å². The average molecular weight is 474 g/mol. The van der Waals surface area contributed by atoms with Gasteiger partial charge in [-0.05, 0) is 59.9 Å². The number of unbranched alkanes of at least 4 members (excludes halogenated alkanes) is 1. The summed E-state index contributed by atoms with van der Waals surface area (Å²) in [6.45, 7) is 4.14. The largest absolute Gasteiger partial charge is 0.507 e. The van der Waals surface area contributed by atoms with Gasteiger partial charge in [0.2, 0.25) is 5.91 Å². The number of phenolic OH excluding ortho intramolecular Hbond substituents is 1. The fourth-order valence-electron chi connectivity index (χ4n) is 4.61. The van der Waals surface area contributed by atoms with Gasteiger partial charge in [-0.25, -0.2) is 0 Å². The third-order valence-corrected chi connectivity index (χ3v) is 6.50. The lowest BCUT2D eigenvalue weighted by Gasteiger charge is -2.23. The molecule has 3 aromatic rings. The molecule has 186 valence electrons. The van der Waals surface area contributed by atoms with E-state index in [-0.39, 0.29) is 24.5 Å². The van der Waals surface area contributed by atoms with Gasteiger partial charge in [0.05, 0.1) is 18.6 Å². The van der Waals surface area contributed by atoms with Crippen molar-refractivity contribution in [1.29, 1.82) is 0 Å². The number of aryl methyl sites for hydroxylation is 2. The molecular weight excluding hydrogens is 434 g/mol. The van der Waals surface area contributed by atoms with Crippen molar-refractivity contribution in [1.82, 2.24) is 5.32 Å². The SMILES string of the molecule is CCCCc1cc(CC(C(=O)N[C@H](CO)Cc2ccccc2)c2ccccc2)cc(CCC)c1O. The van der Waals surface area contributed by atoms with E-state index < -0.39 is 0 Å². The summed E-state index contributed by atoms with van der Waals surface area (Å²) in [7, 11) is 0. The number of aliphatic hydroxyl groups is 1. The van der Waals surface area contributed by atoms with Crippen LogP contribution in [0.15, 0.2) is 72.8 Å². The average Bonchev–Trinajstić information content (AvgIpc) is 2.88. The molecule has 1 unspecified atom stereocenters. The number of rotatable bonds is 13. The number of carbonyl (C=O) groups is 1. The second-order valence-corrected chi connectivity index (χ2v) is 9.36. The summed E-state index contributed by atoms with van der Waals surface area (Å²) in [5, 5.41) is 23.9. The Morgan fingerprint density at radius 2 is 1.46 bits per heavy atom. The van der Waals surface area contributed by atoms with Crippen LogP contribution in [0.4, 0.5) is 0 Å². The van der Waals surface area contributed by atoms with Crippen LogP contribution in [0.3, 0.4) is 0 Å². The van der Waals surface area contributed by atoms with E-state index in [1.807, 2.05) is 60.7 Å². The molecule has 0 saturated carbocycles. The number of carbonyl (C=O) groups excluding carboxylic acids is 1. The van der Waals surface area contributed by atoms with Crippen molar-refractivity contribution in [3.05, 3.63) is 101 Å². The highest BCUT2D eigenvalue weighted by Crippen LogP contribution is 2.30. The van der Waals surface area contributed by atoms with Crippen molar-refractivity contribution in [2.75, 3.05) is 6.61 Å². The first-order valence-corrected chi connectivity index (χ1v) is 12.9. The third-order valence-electron chi connectivity index (χ3n) is 6.50. The van der Waals surface area contributed by atoms with Crippen molar-refractivity contribution in [2.24, 2.45) is 0 Å². The summed E-state index contributed by atoms with van der Waals surface area (Å²) in [6.07, 6.45) is 5.78. The highest BCUT2D eigenvalue weighted by molar-refractivity contribution is 5.84. The Morgan fingerprint density at radius 1 is 0.829 bits per heavy atom. The number of hydrogen-bond donors (Lipinski definition) is 3. The number of amides is 1. The standard InChI is InChI=1S/C31H39NO3/c1-3-5-15-27-19-24(18-26(12-4-2)30(27)34)21-29(25-16-10-7-11-17-25)31(35)32-28(22-33)20-23-13-8-6-9-14-23/h6-11,13-14,16-19,28-29,33-34H,3-5,12,15,20-22H2,1-2H3,(H,32,35)/t28-,29?/m0/s1. The zero-order valence-corrected chi connectivity index (χ0v) is 21.0. The van der Waals surface area contributed by atoms with E-state index in [1.165, 1.54) is 0 Å². The molecule has 3 rings (SSSR count). The molecule has 0 bridgehead atoms. The van der Waals surface area contributed by atoms with Crippen molar-refractivity contribution < 1.29 is 15.0 Å². The molecule has 0 aromatic heterocycles. The lowest BCUT2D eigenvalue weighted by molar-refractivity contribution is -0.123. The minimum Gasteiger partial charge on any atom is -0.507 e. The molecule has 2 atom stereocenters. The van der Waals surface area contributed by atoms with Crippen LogP contribution in [0.25, 0.3) is 0 Å². The van der Waals surface area contributed by atoms with Crippen molar-refractivity contribution in [2.45, 2.75) is 70.8 Å². The van der Waals surface area contributed by atoms with Gasteiger partial charge in [0.15, 0.2) is 0 Å². The van der Waals surface area contributed by atoms with Crippen LogP contribution < -0.4 is 5.32 Å². The highest BCUT2D eigenvalue weighted by Gasteiger charge is 2.24. The molecule has 0 radical (unpaired) electrons. The monoisotopic (exact) mass is 473 g/mol. The van der Waals surface area contributed by atoms with Gasteiger partial charge in [-0.3, -0.25) is 4.79 Å². The van der Waals surface area contributed by atoms with Gasteiger partial charge in [-0.15, -0.1) is 0 Å². The van der Waals surface area contributed by atoms with Crippen LogP contribution in [-0.2, 0) is 30.5 Å². The Kier molecular flexibility index (Phi) is 10.4. The molecule has 4 nitrogen and oxygen atoms in total. The molecule has 0 aliphatic carbocycles. The molecule has 4 heteroatoms. The second-order valence-electron chi connectivity index (χ2n) is 9.36. The van der Waals surface area contributed by atoms with Crippen LogP contribution in [0.1, 0.15) is 66.8 Å². The van der Waals surface area contributed by atoms with Gasteiger partial charge in [0.25, 0.3) is 0 Å². The highest BCUT2D eigenvalue weighted by atomic mass is 16.3. The number of nitrogens with one attached hydrogen (secondary N) is 1. The van der Waals surface area contributed by atoms with Gasteiger partial charge in [-0.2, -0.15) is 0 Å². The van der Waals surface area contributed by atoms with E-state index >= 15 is 0 Å². The predicted molar refractivity (Wildman–Crippen MR) is 143 cm³/mol. The molecule has 0 aliphatic rings. The molecular formula is C31H39NO3. The summed E-state index contributed by atoms with van der Waals surface area (Å²) < 4.78 is 0. The van der Waals surface area contributed by atoms with E-state index in [4.69, 9.17) is 0 Å². The number of aromatic hydroxyl groups is 1. The Bertz CT molecular complexity index is 1050. The lowest BCUT2D eigenvalue weighted by atomic mass is 9.88. The minimum absolute atomic E-state index is 0.0913. The molecule has 0 spiro atoms. The van der Waals surface area contributed by atoms with E-state index in [0.717, 1.165) is 59.9 Å². The Hall–Kier alpha value is -3.11. The maximum Gasteiger partial charge on any atom is 0.228 e. The minimum atomic E-state index is -0.390. The fraction of sp³-hybridized carbons (Fsp3) is 0.387. The molecule has 35 heavy (non-hydrogen) atoms. The van der Waals surface area contributed by atoms with Crippen LogP contribution in [-0.4, -0.2) is 28.8 Å². The normalized spacial score (nSPS) is 12.8. The molecule has 0 saturated heterocycles. The Morgan fingerprint density at radius 3 is 2.06 bits per heavy atom. The van der Waals surface area contributed by atoms with E-state index in [0.29, 0.717) is 18.6 Å². The van der Waals surface area contributed by atoms with E-state index in [9.17, 15) is 15.0 Å². The summed E-state index contributed by atoms with van der Waals surface area (Å²) in [6, 6.07) is 23.5. The molecule has 3 aromatic carbocycles. The smallest absolute Gasteiger partial charge is 0.228 e. The third kappa shape index (κ3) is 7.69. The summed E-state index contributed by atoms with van der Waals surface area (Å²) in [5.41, 5.74) is 5.01. The first-order valence-electron chi connectivity index (χ1n) is 12.9. The summed E-state index contributed by atoms with van der Waals surface area (Å²) in [4.78, 5) is 13.6. The van der Waals surface area contributed by atoms with Gasteiger partial charge >= 0.3 is 0 Å². The van der Waals surface area contributed by atoms with Crippen LogP contribution in [0, 0.1) is 0 Å². The topological polar surface area (TPSA) is 69.6 Å². The number of phenols is 1. The maximum atomic E-state index is 13.6. The van der Waals surface area contributed by atoms with E-state index in [1.54, 1.807) is 0 Å². The number of aliphatic hydroxyl groups excluding tert-OH is 1. The second kappa shape index (κ2) is 13.7. The molecule has 3 N–H and O–H groups in total. The predicted octanol–water partition coefficient (Wildman–Crippen LogP) is 5.73. The van der Waals surface area contributed by atoms with Crippen molar-refractivity contribution in [3.63, 3.8) is 0 Å². The lowest BCUT2D eigenvalue weighted by Crippen LogP contribution is -2.42. The quantitative estimate of drug-likeness (QED) is 0.297. The van der Waals surface area contributed by atoms with Crippen LogP contribution in [0.5, 0.6) is 5.75 Å². The molecule has 0 fully saturated rings. The molecule has 0 aliphatic heterocycles. The Labute approximate surface area is 210 Å². The van der Waals surface area contributed by atoms with Gasteiger partial charge < -0.3 is 15.5 Å². The van der Waals surface area contributed by atoms with Crippen molar-refractivity contribution in [3.8, 4) is 5.75 Å². The van der Waals surface area contributed by atoms with Crippen LogP contribution in [0.2, 0.25) is 0 Å². The molecule has 1 amide bonds. The first-order chi connectivity index (χ1) is 17.0. The number of benzene rings is 3. The first kappa shape index (κ1) is 26.5. The number of hydrogen-bond acceptors (Lipinski definition) is 3. The summed E-state index contributed by atoms with van der Waals surface area (Å²) in [5.74, 6) is -0.0709. The molecule has 0 heterocycles. The fourth-order valence-corrected chi connectivity index (χ4v) is 4.61. The van der Waals surface area contributed by atoms with Gasteiger partial charge in [0, 0.05) is 0 Å².